The van der Waals surface area contributed by atoms with Crippen molar-refractivity contribution >= 4 is 34.5 Å². The summed E-state index contributed by atoms with van der Waals surface area (Å²) < 4.78 is 26.6. The lowest BCUT2D eigenvalue weighted by atomic mass is 10.0. The number of carbonyl (C=O) groups excluding carboxylic acids is 1. The molecule has 1 amide bonds. The molecule has 8 nitrogen and oxygen atoms in total. The first-order valence-corrected chi connectivity index (χ1v) is 19.0. The van der Waals surface area contributed by atoms with Crippen molar-refractivity contribution in [3.63, 3.8) is 0 Å². The SMILES string of the molecule is CCCCOCCOc1ccc(-c2ccc(N3CCCCCC3)c(/C=C/C(=O)Nc3ccc([S+]([O-])Cc4cncn4CCC)cc3)c2)cc1. The molecule has 49 heavy (non-hydrogen) atoms. The predicted molar refractivity (Wildman–Crippen MR) is 201 cm³/mol. The van der Waals surface area contributed by atoms with Gasteiger partial charge in [-0.05, 0) is 108 Å². The zero-order valence-electron chi connectivity index (χ0n) is 28.9. The van der Waals surface area contributed by atoms with Gasteiger partial charge in [0.15, 0.2) is 10.6 Å². The van der Waals surface area contributed by atoms with Crippen LogP contribution < -0.4 is 15.0 Å². The average Bonchev–Trinajstić information content (AvgIpc) is 3.37. The molecule has 1 N–H and O–H groups in total. The van der Waals surface area contributed by atoms with Crippen LogP contribution in [0, 0.1) is 0 Å². The number of hydrogen-bond acceptors (Lipinski definition) is 6. The third kappa shape index (κ3) is 11.0. The minimum atomic E-state index is -1.21. The van der Waals surface area contributed by atoms with E-state index in [0.717, 1.165) is 79.3 Å². The molecule has 3 aromatic carbocycles. The van der Waals surface area contributed by atoms with Crippen molar-refractivity contribution in [1.82, 2.24) is 9.55 Å². The van der Waals surface area contributed by atoms with E-state index >= 15 is 0 Å². The fourth-order valence-electron chi connectivity index (χ4n) is 5.95. The van der Waals surface area contributed by atoms with E-state index in [4.69, 9.17) is 9.47 Å². The van der Waals surface area contributed by atoms with E-state index in [-0.39, 0.29) is 5.91 Å². The summed E-state index contributed by atoms with van der Waals surface area (Å²) in [5.74, 6) is 1.00. The Morgan fingerprint density at radius 2 is 1.67 bits per heavy atom. The number of benzene rings is 3. The van der Waals surface area contributed by atoms with Crippen LogP contribution in [0.2, 0.25) is 0 Å². The molecule has 0 radical (unpaired) electrons. The Morgan fingerprint density at radius 1 is 0.918 bits per heavy atom. The summed E-state index contributed by atoms with van der Waals surface area (Å²) in [5.41, 5.74) is 5.92. The molecule has 0 aliphatic carbocycles. The van der Waals surface area contributed by atoms with Crippen molar-refractivity contribution < 1.29 is 18.8 Å². The van der Waals surface area contributed by atoms with Crippen molar-refractivity contribution in [2.24, 2.45) is 0 Å². The largest absolute Gasteiger partial charge is 0.611 e. The number of aryl methyl sites for hydroxylation is 1. The number of amides is 1. The molecule has 2 heterocycles. The molecular formula is C40H50N4O4S. The maximum absolute atomic E-state index is 13.1. The quantitative estimate of drug-likeness (QED) is 0.0683. The summed E-state index contributed by atoms with van der Waals surface area (Å²) in [6, 6.07) is 21.9. The van der Waals surface area contributed by atoms with Crippen LogP contribution in [0.25, 0.3) is 17.2 Å². The predicted octanol–water partition coefficient (Wildman–Crippen LogP) is 8.50. The van der Waals surface area contributed by atoms with E-state index in [1.807, 2.05) is 34.9 Å². The standard InChI is InChI=1S/C40H50N4O4S/c1-3-5-25-47-26-27-48-37-16-10-32(11-17-37)33-12-20-39(43-23-8-6-7-9-24-43)34(28-33)13-21-40(45)42-35-14-18-38(19-15-35)49(46)30-36-29-41-31-44(36)22-4-2/h10-21,28-29,31H,3-9,22-27,30H2,1-2H3,(H,42,45)/b21-13+. The summed E-state index contributed by atoms with van der Waals surface area (Å²) in [4.78, 5) is 20.5. The van der Waals surface area contributed by atoms with Crippen LogP contribution in [0.4, 0.5) is 11.4 Å². The molecule has 1 atom stereocenters. The number of rotatable bonds is 17. The number of aromatic nitrogens is 2. The maximum Gasteiger partial charge on any atom is 0.248 e. The van der Waals surface area contributed by atoms with E-state index in [1.165, 1.54) is 25.7 Å². The van der Waals surface area contributed by atoms with Gasteiger partial charge >= 0.3 is 0 Å². The third-order valence-corrected chi connectivity index (χ3v) is 10.00. The molecule has 5 rings (SSSR count). The Labute approximate surface area is 294 Å². The lowest BCUT2D eigenvalue weighted by Crippen LogP contribution is -2.24. The van der Waals surface area contributed by atoms with Gasteiger partial charge in [-0.2, -0.15) is 0 Å². The zero-order valence-corrected chi connectivity index (χ0v) is 29.8. The first kappa shape index (κ1) is 36.2. The normalized spacial score (nSPS) is 14.1. The molecule has 9 heteroatoms. The van der Waals surface area contributed by atoms with Gasteiger partial charge < -0.3 is 28.8 Å². The molecule has 1 aliphatic heterocycles. The monoisotopic (exact) mass is 682 g/mol. The van der Waals surface area contributed by atoms with E-state index < -0.39 is 11.2 Å². The number of anilines is 2. The Hall–Kier alpha value is -4.05. The molecule has 0 bridgehead atoms. The van der Waals surface area contributed by atoms with E-state index in [2.05, 4.69) is 59.4 Å². The van der Waals surface area contributed by atoms with Gasteiger partial charge in [0.1, 0.15) is 12.4 Å². The highest BCUT2D eigenvalue weighted by Gasteiger charge is 2.16. The van der Waals surface area contributed by atoms with E-state index in [0.29, 0.717) is 29.5 Å². The highest BCUT2D eigenvalue weighted by molar-refractivity contribution is 7.90. The minimum absolute atomic E-state index is 0.218. The van der Waals surface area contributed by atoms with Crippen LogP contribution in [0.3, 0.4) is 0 Å². The lowest BCUT2D eigenvalue weighted by molar-refractivity contribution is -0.111. The van der Waals surface area contributed by atoms with E-state index in [1.54, 1.807) is 30.7 Å². The average molecular weight is 683 g/mol. The zero-order chi connectivity index (χ0) is 34.3. The number of hydrogen-bond donors (Lipinski definition) is 1. The maximum atomic E-state index is 13.1. The van der Waals surface area contributed by atoms with Gasteiger partial charge in [0.25, 0.3) is 0 Å². The van der Waals surface area contributed by atoms with Crippen LogP contribution in [-0.4, -0.2) is 52.9 Å². The molecule has 1 aliphatic rings. The van der Waals surface area contributed by atoms with Crippen molar-refractivity contribution in [2.75, 3.05) is 43.1 Å². The molecule has 1 aromatic heterocycles. The Balaban J connectivity index is 1.24. The highest BCUT2D eigenvalue weighted by Crippen LogP contribution is 2.31. The number of imidazole rings is 1. The van der Waals surface area contributed by atoms with Gasteiger partial charge in [-0.3, -0.25) is 4.79 Å². The van der Waals surface area contributed by atoms with Gasteiger partial charge in [-0.1, -0.05) is 51.3 Å². The van der Waals surface area contributed by atoms with E-state index in [9.17, 15) is 9.35 Å². The number of unbranched alkanes of at least 4 members (excludes halogenated alkanes) is 1. The Morgan fingerprint density at radius 3 is 2.41 bits per heavy atom. The summed E-state index contributed by atoms with van der Waals surface area (Å²) in [6.45, 7) is 9.02. The summed E-state index contributed by atoms with van der Waals surface area (Å²) in [6.07, 6.45) is 15.1. The first-order valence-electron chi connectivity index (χ1n) is 17.7. The fourth-order valence-corrected chi connectivity index (χ4v) is 7.06. The molecule has 0 saturated carbocycles. The van der Waals surface area contributed by atoms with Crippen molar-refractivity contribution in [3.8, 4) is 16.9 Å². The Kier molecular flexibility index (Phi) is 14.2. The Bertz CT molecular complexity index is 1610. The second-order valence-corrected chi connectivity index (χ2v) is 13.9. The number of nitrogens with zero attached hydrogens (tertiary/aromatic N) is 3. The minimum Gasteiger partial charge on any atom is -0.611 e. The van der Waals surface area contributed by atoms with Crippen LogP contribution in [-0.2, 0) is 33.0 Å². The molecule has 4 aromatic rings. The van der Waals surface area contributed by atoms with Gasteiger partial charge in [0, 0.05) is 43.7 Å². The number of ether oxygens (including phenoxy) is 2. The smallest absolute Gasteiger partial charge is 0.248 e. The van der Waals surface area contributed by atoms with Gasteiger partial charge in [-0.15, -0.1) is 0 Å². The van der Waals surface area contributed by atoms with Crippen LogP contribution >= 0.6 is 0 Å². The van der Waals surface area contributed by atoms with Crippen LogP contribution in [0.15, 0.2) is 90.2 Å². The molecule has 0 spiro atoms. The van der Waals surface area contributed by atoms with Gasteiger partial charge in [0.05, 0.1) is 24.8 Å². The second-order valence-electron chi connectivity index (χ2n) is 12.4. The molecule has 260 valence electrons. The van der Waals surface area contributed by atoms with Gasteiger partial charge in [0.2, 0.25) is 5.91 Å². The van der Waals surface area contributed by atoms with Crippen molar-refractivity contribution in [1.29, 1.82) is 0 Å². The molecular weight excluding hydrogens is 633 g/mol. The summed E-state index contributed by atoms with van der Waals surface area (Å²) in [7, 11) is 0. The number of nitrogens with one attached hydrogen (secondary N) is 1. The van der Waals surface area contributed by atoms with Crippen molar-refractivity contribution in [2.45, 2.75) is 76.0 Å². The molecule has 1 saturated heterocycles. The fraction of sp³-hybridized carbons (Fsp3) is 0.400. The summed E-state index contributed by atoms with van der Waals surface area (Å²) >= 11 is -1.21. The second kappa shape index (κ2) is 19.2. The van der Waals surface area contributed by atoms with Crippen molar-refractivity contribution in [3.05, 3.63) is 96.6 Å². The topological polar surface area (TPSA) is 91.7 Å². The lowest BCUT2D eigenvalue weighted by Gasteiger charge is -2.25. The number of carbonyl (C=O) groups is 1. The molecule has 1 unspecified atom stereocenters. The third-order valence-electron chi connectivity index (χ3n) is 8.64. The molecule has 1 fully saturated rings. The van der Waals surface area contributed by atoms with Crippen LogP contribution in [0.1, 0.15) is 70.1 Å². The summed E-state index contributed by atoms with van der Waals surface area (Å²) in [5, 5.41) is 2.97. The highest BCUT2D eigenvalue weighted by atomic mass is 32.2. The first-order chi connectivity index (χ1) is 24.0. The van der Waals surface area contributed by atoms with Crippen LogP contribution in [0.5, 0.6) is 5.75 Å². The van der Waals surface area contributed by atoms with Gasteiger partial charge in [-0.25, -0.2) is 4.98 Å².